The molecule has 0 fully saturated rings. The first-order valence-electron chi connectivity index (χ1n) is 6.36. The summed E-state index contributed by atoms with van der Waals surface area (Å²) in [6.45, 7) is 10.5. The van der Waals surface area contributed by atoms with Crippen molar-refractivity contribution >= 4 is 0 Å². The normalized spacial score (nSPS) is 13.8. The molecule has 0 aliphatic carbocycles. The zero-order valence-corrected chi connectivity index (χ0v) is 11.7. The highest BCUT2D eigenvalue weighted by Crippen LogP contribution is 2.35. The molecule has 0 heterocycles. The van der Waals surface area contributed by atoms with Crippen molar-refractivity contribution < 1.29 is 5.11 Å². The van der Waals surface area contributed by atoms with Crippen LogP contribution in [0.5, 0.6) is 5.75 Å². The largest absolute Gasteiger partial charge is 0.507 e. The van der Waals surface area contributed by atoms with Gasteiger partial charge >= 0.3 is 0 Å². The molecule has 0 saturated carbocycles. The van der Waals surface area contributed by atoms with Crippen LogP contribution in [0.4, 0.5) is 0 Å². The van der Waals surface area contributed by atoms with Gasteiger partial charge in [-0.2, -0.15) is 0 Å². The summed E-state index contributed by atoms with van der Waals surface area (Å²) in [5.74, 6) is 0.423. The molecule has 1 rings (SSSR count). The van der Waals surface area contributed by atoms with E-state index in [-0.39, 0.29) is 11.5 Å². The molecule has 3 N–H and O–H groups in total. The van der Waals surface area contributed by atoms with E-state index in [1.54, 1.807) is 0 Å². The molecule has 0 amide bonds. The second kappa shape index (κ2) is 5.09. The fourth-order valence-electron chi connectivity index (χ4n) is 2.04. The number of hydrogen-bond donors (Lipinski definition) is 2. The van der Waals surface area contributed by atoms with Crippen LogP contribution in [0.15, 0.2) is 12.1 Å². The zero-order chi connectivity index (χ0) is 13.2. The Morgan fingerprint density at radius 2 is 1.88 bits per heavy atom. The van der Waals surface area contributed by atoms with Crippen molar-refractivity contribution in [3.8, 4) is 5.75 Å². The molecule has 17 heavy (non-hydrogen) atoms. The van der Waals surface area contributed by atoms with Crippen molar-refractivity contribution in [2.45, 2.75) is 58.9 Å². The SMILES string of the molecule is CCc1cc(CC(C)N)c(O)c(C(C)(C)C)c1. The first-order valence-corrected chi connectivity index (χ1v) is 6.36. The number of nitrogens with two attached hydrogens (primary N) is 1. The Kier molecular flexibility index (Phi) is 4.21. The Bertz CT molecular complexity index is 389. The van der Waals surface area contributed by atoms with Gasteiger partial charge in [0, 0.05) is 6.04 Å². The number of phenols is 1. The maximum atomic E-state index is 10.3. The highest BCUT2D eigenvalue weighted by molar-refractivity contribution is 5.47. The van der Waals surface area contributed by atoms with Crippen LogP contribution in [0.3, 0.4) is 0 Å². The molecule has 0 saturated heterocycles. The van der Waals surface area contributed by atoms with E-state index >= 15 is 0 Å². The maximum Gasteiger partial charge on any atom is 0.122 e. The molecule has 1 unspecified atom stereocenters. The Balaban J connectivity index is 3.31. The number of aryl methyl sites for hydroxylation is 1. The predicted molar refractivity (Wildman–Crippen MR) is 73.5 cm³/mol. The number of phenolic OH excluding ortho intramolecular Hbond substituents is 1. The summed E-state index contributed by atoms with van der Waals surface area (Å²) in [5, 5.41) is 10.3. The summed E-state index contributed by atoms with van der Waals surface area (Å²) >= 11 is 0. The highest BCUT2D eigenvalue weighted by Gasteiger charge is 2.21. The summed E-state index contributed by atoms with van der Waals surface area (Å²) in [5.41, 5.74) is 9.06. The topological polar surface area (TPSA) is 46.2 Å². The Morgan fingerprint density at radius 3 is 2.29 bits per heavy atom. The number of rotatable bonds is 3. The van der Waals surface area contributed by atoms with Gasteiger partial charge < -0.3 is 10.8 Å². The molecule has 0 bridgehead atoms. The van der Waals surface area contributed by atoms with Crippen LogP contribution < -0.4 is 5.73 Å². The zero-order valence-electron chi connectivity index (χ0n) is 11.7. The minimum absolute atomic E-state index is 0.0398. The van der Waals surface area contributed by atoms with Crippen molar-refractivity contribution in [3.05, 3.63) is 28.8 Å². The van der Waals surface area contributed by atoms with Crippen molar-refractivity contribution in [1.29, 1.82) is 0 Å². The smallest absolute Gasteiger partial charge is 0.122 e. The third-order valence-corrected chi connectivity index (χ3v) is 3.01. The molecule has 96 valence electrons. The van der Waals surface area contributed by atoms with Gasteiger partial charge in [0.15, 0.2) is 0 Å². The van der Waals surface area contributed by atoms with E-state index in [1.165, 1.54) is 5.56 Å². The third-order valence-electron chi connectivity index (χ3n) is 3.01. The van der Waals surface area contributed by atoms with Crippen molar-refractivity contribution in [2.75, 3.05) is 0 Å². The van der Waals surface area contributed by atoms with E-state index in [0.717, 1.165) is 24.0 Å². The van der Waals surface area contributed by atoms with Crippen molar-refractivity contribution in [2.24, 2.45) is 5.73 Å². The minimum Gasteiger partial charge on any atom is -0.507 e. The van der Waals surface area contributed by atoms with E-state index < -0.39 is 0 Å². The van der Waals surface area contributed by atoms with Crippen LogP contribution in [-0.4, -0.2) is 11.1 Å². The lowest BCUT2D eigenvalue weighted by molar-refractivity contribution is 0.438. The molecule has 0 aliphatic rings. The van der Waals surface area contributed by atoms with Crippen LogP contribution in [0.2, 0.25) is 0 Å². The van der Waals surface area contributed by atoms with Crippen molar-refractivity contribution in [1.82, 2.24) is 0 Å². The maximum absolute atomic E-state index is 10.3. The standard InChI is InChI=1S/C15H25NO/c1-6-11-8-12(7-10(2)16)14(17)13(9-11)15(3,4)5/h8-10,17H,6-7,16H2,1-5H3. The van der Waals surface area contributed by atoms with Gasteiger partial charge in [0.1, 0.15) is 5.75 Å². The Hall–Kier alpha value is -1.02. The lowest BCUT2D eigenvalue weighted by atomic mass is 9.83. The van der Waals surface area contributed by atoms with Gasteiger partial charge in [0.2, 0.25) is 0 Å². The van der Waals surface area contributed by atoms with Gasteiger partial charge in [-0.3, -0.25) is 0 Å². The Morgan fingerprint density at radius 1 is 1.29 bits per heavy atom. The van der Waals surface area contributed by atoms with E-state index in [4.69, 9.17) is 5.73 Å². The lowest BCUT2D eigenvalue weighted by Crippen LogP contribution is -2.19. The fourth-order valence-corrected chi connectivity index (χ4v) is 2.04. The summed E-state index contributed by atoms with van der Waals surface area (Å²) in [4.78, 5) is 0. The summed E-state index contributed by atoms with van der Waals surface area (Å²) < 4.78 is 0. The lowest BCUT2D eigenvalue weighted by Gasteiger charge is -2.23. The quantitative estimate of drug-likeness (QED) is 0.845. The van der Waals surface area contributed by atoms with Gasteiger partial charge in [-0.05, 0) is 41.9 Å². The molecule has 1 aromatic carbocycles. The van der Waals surface area contributed by atoms with E-state index in [2.05, 4.69) is 39.8 Å². The number of aromatic hydroxyl groups is 1. The summed E-state index contributed by atoms with van der Waals surface area (Å²) in [6, 6.07) is 4.26. The molecule has 1 atom stereocenters. The molecule has 2 heteroatoms. The first kappa shape index (κ1) is 14.0. The van der Waals surface area contributed by atoms with E-state index in [9.17, 15) is 5.11 Å². The highest BCUT2D eigenvalue weighted by atomic mass is 16.3. The van der Waals surface area contributed by atoms with Gasteiger partial charge in [0.05, 0.1) is 0 Å². The van der Waals surface area contributed by atoms with Crippen LogP contribution in [0.25, 0.3) is 0 Å². The predicted octanol–water partition coefficient (Wildman–Crippen LogP) is 3.14. The molecule has 0 spiro atoms. The van der Waals surface area contributed by atoms with E-state index in [0.29, 0.717) is 5.75 Å². The summed E-state index contributed by atoms with van der Waals surface area (Å²) in [7, 11) is 0. The molecular formula is C15H25NO. The fraction of sp³-hybridized carbons (Fsp3) is 0.600. The molecular weight excluding hydrogens is 210 g/mol. The van der Waals surface area contributed by atoms with Gasteiger partial charge in [-0.15, -0.1) is 0 Å². The molecule has 0 radical (unpaired) electrons. The molecule has 0 aliphatic heterocycles. The van der Waals surface area contributed by atoms with Gasteiger partial charge in [0.25, 0.3) is 0 Å². The average molecular weight is 235 g/mol. The molecule has 2 nitrogen and oxygen atoms in total. The van der Waals surface area contributed by atoms with Gasteiger partial charge in [-0.25, -0.2) is 0 Å². The van der Waals surface area contributed by atoms with E-state index in [1.807, 2.05) is 6.92 Å². The second-order valence-electron chi connectivity index (χ2n) is 5.94. The van der Waals surface area contributed by atoms with Crippen LogP contribution in [-0.2, 0) is 18.3 Å². The molecule has 0 aromatic heterocycles. The van der Waals surface area contributed by atoms with Crippen LogP contribution in [0, 0.1) is 0 Å². The minimum atomic E-state index is -0.0398. The van der Waals surface area contributed by atoms with Gasteiger partial charge in [-0.1, -0.05) is 39.8 Å². The first-order chi connectivity index (χ1) is 7.75. The number of hydrogen-bond acceptors (Lipinski definition) is 2. The second-order valence-corrected chi connectivity index (χ2v) is 5.94. The monoisotopic (exact) mass is 235 g/mol. The number of benzene rings is 1. The van der Waals surface area contributed by atoms with Crippen molar-refractivity contribution in [3.63, 3.8) is 0 Å². The van der Waals surface area contributed by atoms with Crippen LogP contribution in [0.1, 0.15) is 51.3 Å². The Labute approximate surface area is 105 Å². The summed E-state index contributed by atoms with van der Waals surface area (Å²) in [6.07, 6.45) is 1.71. The molecule has 1 aromatic rings. The third kappa shape index (κ3) is 3.47. The average Bonchev–Trinajstić information content (AvgIpc) is 2.18. The van der Waals surface area contributed by atoms with Crippen LogP contribution >= 0.6 is 0 Å².